The average Bonchev–Trinajstić information content (AvgIpc) is 2.79. The molecule has 0 saturated carbocycles. The van der Waals surface area contributed by atoms with Crippen LogP contribution in [0.25, 0.3) is 0 Å². The Kier molecular flexibility index (Phi) is 7.78. The van der Waals surface area contributed by atoms with E-state index in [0.717, 1.165) is 5.56 Å². The maximum absolute atomic E-state index is 12.2. The molecule has 6 heteroatoms. The summed E-state index contributed by atoms with van der Waals surface area (Å²) in [6.07, 6.45) is -0.190. The predicted octanol–water partition coefficient (Wildman–Crippen LogP) is 6.86. The molecule has 0 aliphatic heterocycles. The Morgan fingerprint density at radius 1 is 0.824 bits per heavy atom. The van der Waals surface area contributed by atoms with Crippen molar-refractivity contribution in [2.24, 2.45) is 0 Å². The maximum Gasteiger partial charge on any atom is 0.352 e. The van der Waals surface area contributed by atoms with Crippen molar-refractivity contribution in [3.8, 4) is 17.2 Å². The van der Waals surface area contributed by atoms with E-state index in [9.17, 15) is 9.90 Å². The highest BCUT2D eigenvalue weighted by atomic mass is 35.5. The molecule has 0 bridgehead atoms. The number of carbonyl (C=O) groups is 1. The molecule has 0 fully saturated rings. The Hall–Kier alpha value is -3.18. The molecular formula is C28H31ClO5. The smallest absolute Gasteiger partial charge is 0.352 e. The van der Waals surface area contributed by atoms with Gasteiger partial charge >= 0.3 is 5.97 Å². The Labute approximate surface area is 206 Å². The van der Waals surface area contributed by atoms with Gasteiger partial charge in [-0.05, 0) is 73.4 Å². The van der Waals surface area contributed by atoms with Crippen LogP contribution in [-0.4, -0.2) is 23.8 Å². The molecule has 0 aromatic heterocycles. The molecule has 180 valence electrons. The number of halogens is 1. The zero-order chi connectivity index (χ0) is 24.9. The van der Waals surface area contributed by atoms with Gasteiger partial charge in [0.15, 0.2) is 0 Å². The number of rotatable bonds is 9. The minimum atomic E-state index is -1.55. The maximum atomic E-state index is 12.2. The van der Waals surface area contributed by atoms with Gasteiger partial charge in [-0.3, -0.25) is 0 Å². The highest BCUT2D eigenvalue weighted by molar-refractivity contribution is 6.30. The normalized spacial score (nSPS) is 14.1. The molecule has 0 aliphatic rings. The molecule has 0 heterocycles. The summed E-state index contributed by atoms with van der Waals surface area (Å²) in [5, 5.41) is 10.6. The van der Waals surface area contributed by atoms with Crippen LogP contribution >= 0.6 is 11.6 Å². The monoisotopic (exact) mass is 482 g/mol. The lowest BCUT2D eigenvalue weighted by molar-refractivity contribution is -0.154. The molecule has 5 nitrogen and oxygen atoms in total. The third-order valence-corrected chi connectivity index (χ3v) is 5.74. The van der Waals surface area contributed by atoms with Crippen LogP contribution in [0.2, 0.25) is 5.02 Å². The second-order valence-corrected chi connectivity index (χ2v) is 9.87. The lowest BCUT2D eigenvalue weighted by Crippen LogP contribution is -2.38. The summed E-state index contributed by atoms with van der Waals surface area (Å²) in [5.41, 5.74) is 0.111. The van der Waals surface area contributed by atoms with Gasteiger partial charge in [0.1, 0.15) is 30.0 Å². The van der Waals surface area contributed by atoms with E-state index in [4.69, 9.17) is 25.8 Å². The molecule has 1 N–H and O–H groups in total. The van der Waals surface area contributed by atoms with E-state index in [1.807, 2.05) is 19.1 Å². The van der Waals surface area contributed by atoms with Crippen molar-refractivity contribution in [1.82, 2.24) is 0 Å². The van der Waals surface area contributed by atoms with Gasteiger partial charge < -0.3 is 19.3 Å². The molecule has 0 radical (unpaired) electrons. The topological polar surface area (TPSA) is 65.0 Å². The molecule has 3 rings (SSSR count). The van der Waals surface area contributed by atoms with E-state index in [1.165, 1.54) is 0 Å². The van der Waals surface area contributed by atoms with Gasteiger partial charge in [0.25, 0.3) is 0 Å². The van der Waals surface area contributed by atoms with E-state index >= 15 is 0 Å². The Morgan fingerprint density at radius 2 is 1.32 bits per heavy atom. The fourth-order valence-electron chi connectivity index (χ4n) is 3.35. The lowest BCUT2D eigenvalue weighted by atomic mass is 9.87. The van der Waals surface area contributed by atoms with Crippen LogP contribution in [-0.2, 0) is 15.8 Å². The summed E-state index contributed by atoms with van der Waals surface area (Å²) in [6, 6.07) is 21.6. The van der Waals surface area contributed by atoms with Gasteiger partial charge in [-0.2, -0.15) is 0 Å². The number of hydrogen-bond acceptors (Lipinski definition) is 4. The van der Waals surface area contributed by atoms with Gasteiger partial charge in [0, 0.05) is 10.6 Å². The second kappa shape index (κ2) is 10.4. The van der Waals surface area contributed by atoms with Gasteiger partial charge in [0.05, 0.1) is 0 Å². The summed E-state index contributed by atoms with van der Waals surface area (Å²) >= 11 is 5.90. The first-order valence-electron chi connectivity index (χ1n) is 11.2. The van der Waals surface area contributed by atoms with E-state index < -0.39 is 11.6 Å². The van der Waals surface area contributed by atoms with Gasteiger partial charge in [-0.1, -0.05) is 56.6 Å². The van der Waals surface area contributed by atoms with Crippen molar-refractivity contribution in [3.05, 3.63) is 88.9 Å². The van der Waals surface area contributed by atoms with Crippen molar-refractivity contribution >= 4 is 17.6 Å². The van der Waals surface area contributed by atoms with Crippen molar-refractivity contribution < 1.29 is 24.1 Å². The fourth-order valence-corrected chi connectivity index (χ4v) is 3.47. The van der Waals surface area contributed by atoms with Crippen molar-refractivity contribution in [2.75, 3.05) is 6.61 Å². The fraction of sp³-hybridized carbons (Fsp3) is 0.321. The number of carboxylic acids is 1. The number of benzene rings is 3. The first-order chi connectivity index (χ1) is 16.0. The minimum Gasteiger partial charge on any atom is -0.490 e. The zero-order valence-electron chi connectivity index (χ0n) is 20.2. The Bertz CT molecular complexity index is 1090. The number of ether oxygens (including phenoxy) is 3. The molecule has 3 aromatic carbocycles. The molecule has 0 saturated heterocycles. The molecular weight excluding hydrogens is 452 g/mol. The first kappa shape index (κ1) is 25.4. The van der Waals surface area contributed by atoms with Gasteiger partial charge in [0.2, 0.25) is 5.60 Å². The third kappa shape index (κ3) is 6.45. The van der Waals surface area contributed by atoms with E-state index in [2.05, 4.69) is 20.8 Å². The Morgan fingerprint density at radius 3 is 1.85 bits per heavy atom. The minimum absolute atomic E-state index is 0.00180. The summed E-state index contributed by atoms with van der Waals surface area (Å²) in [5.74, 6) is 0.732. The average molecular weight is 483 g/mol. The van der Waals surface area contributed by atoms with Crippen LogP contribution in [0.3, 0.4) is 0 Å². The number of aliphatic carboxylic acids is 1. The van der Waals surface area contributed by atoms with Crippen molar-refractivity contribution in [3.63, 3.8) is 0 Å². The van der Waals surface area contributed by atoms with Crippen LogP contribution < -0.4 is 14.2 Å². The lowest BCUT2D eigenvalue weighted by Gasteiger charge is -2.27. The van der Waals surface area contributed by atoms with Crippen LogP contribution in [0.1, 0.15) is 45.7 Å². The molecule has 2 atom stereocenters. The van der Waals surface area contributed by atoms with Crippen molar-refractivity contribution in [2.45, 2.75) is 51.7 Å². The third-order valence-electron chi connectivity index (χ3n) is 5.49. The number of carboxylic acid groups (broad SMARTS) is 1. The Balaban J connectivity index is 1.65. The van der Waals surface area contributed by atoms with Gasteiger partial charge in [-0.15, -0.1) is 0 Å². The predicted molar refractivity (Wildman–Crippen MR) is 134 cm³/mol. The summed E-state index contributed by atoms with van der Waals surface area (Å²) in [6.45, 7) is 10.2. The molecule has 0 amide bonds. The van der Waals surface area contributed by atoms with Crippen LogP contribution in [0.5, 0.6) is 17.2 Å². The second-order valence-electron chi connectivity index (χ2n) is 9.43. The number of hydrogen-bond donors (Lipinski definition) is 1. The van der Waals surface area contributed by atoms with E-state index in [1.54, 1.807) is 67.6 Å². The summed E-state index contributed by atoms with van der Waals surface area (Å²) in [7, 11) is 0. The highest BCUT2D eigenvalue weighted by Gasteiger charge is 2.38. The van der Waals surface area contributed by atoms with Crippen molar-refractivity contribution in [1.29, 1.82) is 0 Å². The zero-order valence-corrected chi connectivity index (χ0v) is 20.9. The quantitative estimate of drug-likeness (QED) is 0.360. The van der Waals surface area contributed by atoms with E-state index in [0.29, 0.717) is 34.4 Å². The van der Waals surface area contributed by atoms with Crippen LogP contribution in [0.4, 0.5) is 0 Å². The molecule has 0 spiro atoms. The highest BCUT2D eigenvalue weighted by Crippen LogP contribution is 2.32. The summed E-state index contributed by atoms with van der Waals surface area (Å²) in [4.78, 5) is 12.2. The molecule has 2 unspecified atom stereocenters. The van der Waals surface area contributed by atoms with Crippen LogP contribution in [0, 0.1) is 0 Å². The molecule has 34 heavy (non-hydrogen) atoms. The largest absolute Gasteiger partial charge is 0.490 e. The molecule has 0 aliphatic carbocycles. The SMILES string of the molecule is CC(COc1ccc(C(C)(Oc2ccc(C(C)(C)C)cc2)C(=O)O)cc1)Oc1ccc(Cl)cc1. The standard InChI is InChI=1S/C28H31ClO5/c1-19(33-24-16-10-22(29)11-17-24)18-32-23-12-8-21(9-13-23)28(5,26(30)31)34-25-14-6-20(7-15-25)27(2,3)4/h6-17,19H,18H2,1-5H3,(H,30,31). The first-order valence-corrected chi connectivity index (χ1v) is 11.5. The van der Waals surface area contributed by atoms with Gasteiger partial charge in [-0.25, -0.2) is 4.79 Å². The van der Waals surface area contributed by atoms with Crippen LogP contribution in [0.15, 0.2) is 72.8 Å². The van der Waals surface area contributed by atoms with E-state index in [-0.39, 0.29) is 11.5 Å². The molecule has 3 aromatic rings. The summed E-state index contributed by atoms with van der Waals surface area (Å²) < 4.78 is 17.6.